The second kappa shape index (κ2) is 6.34. The SMILES string of the molecule is Cc1ccc(O)c(CNCC(O)c2ccc(Cl)s2)n1. The van der Waals surface area contributed by atoms with Crippen LogP contribution in [0, 0.1) is 6.92 Å². The first-order valence-corrected chi connectivity index (χ1v) is 7.05. The molecule has 2 heterocycles. The van der Waals surface area contributed by atoms with Gasteiger partial charge in [0.05, 0.1) is 10.0 Å². The number of pyridine rings is 1. The predicted octanol–water partition coefficient (Wildman–Crippen LogP) is 2.63. The van der Waals surface area contributed by atoms with Gasteiger partial charge in [-0.25, -0.2) is 0 Å². The Bertz CT molecular complexity index is 559. The number of aromatic nitrogens is 1. The molecule has 0 aromatic carbocycles. The maximum absolute atomic E-state index is 9.94. The molecule has 0 saturated carbocycles. The highest BCUT2D eigenvalue weighted by molar-refractivity contribution is 7.16. The fraction of sp³-hybridized carbons (Fsp3) is 0.308. The van der Waals surface area contributed by atoms with Gasteiger partial charge in [-0.1, -0.05) is 11.6 Å². The Balaban J connectivity index is 1.88. The third-order valence-electron chi connectivity index (χ3n) is 2.64. The van der Waals surface area contributed by atoms with E-state index in [0.717, 1.165) is 10.6 Å². The van der Waals surface area contributed by atoms with E-state index in [4.69, 9.17) is 11.6 Å². The summed E-state index contributed by atoms with van der Waals surface area (Å²) in [6.07, 6.45) is -0.607. The standard InChI is InChI=1S/C13H15ClN2O2S/c1-8-2-3-10(17)9(16-8)6-15-7-11(18)12-4-5-13(14)19-12/h2-5,11,15,17-18H,6-7H2,1H3. The number of hydrogen-bond donors (Lipinski definition) is 3. The van der Waals surface area contributed by atoms with E-state index in [1.165, 1.54) is 11.3 Å². The molecule has 0 fully saturated rings. The molecule has 2 rings (SSSR count). The lowest BCUT2D eigenvalue weighted by Crippen LogP contribution is -2.21. The Kier molecular flexibility index (Phi) is 4.76. The average Bonchev–Trinajstić information content (AvgIpc) is 2.80. The van der Waals surface area contributed by atoms with Gasteiger partial charge in [-0.2, -0.15) is 0 Å². The number of rotatable bonds is 5. The molecule has 6 heteroatoms. The van der Waals surface area contributed by atoms with Crippen LogP contribution in [0.3, 0.4) is 0 Å². The van der Waals surface area contributed by atoms with Crippen molar-refractivity contribution in [2.24, 2.45) is 0 Å². The normalized spacial score (nSPS) is 12.6. The second-order valence-corrected chi connectivity index (χ2v) is 5.95. The lowest BCUT2D eigenvalue weighted by Gasteiger charge is -2.10. The van der Waals surface area contributed by atoms with Gasteiger partial charge in [-0.05, 0) is 31.2 Å². The zero-order valence-electron chi connectivity index (χ0n) is 10.4. The summed E-state index contributed by atoms with van der Waals surface area (Å²) in [6.45, 7) is 2.65. The van der Waals surface area contributed by atoms with Crippen LogP contribution in [0.25, 0.3) is 0 Å². The van der Waals surface area contributed by atoms with Gasteiger partial charge >= 0.3 is 0 Å². The third kappa shape index (κ3) is 3.91. The molecule has 4 nitrogen and oxygen atoms in total. The molecule has 1 unspecified atom stereocenters. The summed E-state index contributed by atoms with van der Waals surface area (Å²) in [4.78, 5) is 5.05. The van der Waals surface area contributed by atoms with Gasteiger partial charge in [0.15, 0.2) is 0 Å². The lowest BCUT2D eigenvalue weighted by atomic mass is 10.2. The van der Waals surface area contributed by atoms with E-state index in [1.807, 2.05) is 13.0 Å². The summed E-state index contributed by atoms with van der Waals surface area (Å²) in [5.41, 5.74) is 1.43. The summed E-state index contributed by atoms with van der Waals surface area (Å²) < 4.78 is 0.659. The molecular formula is C13H15ClN2O2S. The van der Waals surface area contributed by atoms with E-state index in [-0.39, 0.29) is 5.75 Å². The minimum Gasteiger partial charge on any atom is -0.506 e. The van der Waals surface area contributed by atoms with Crippen molar-refractivity contribution >= 4 is 22.9 Å². The Labute approximate surface area is 120 Å². The Hall–Kier alpha value is -1.14. The number of aromatic hydroxyl groups is 1. The number of nitrogens with one attached hydrogen (secondary N) is 1. The van der Waals surface area contributed by atoms with Gasteiger partial charge in [0.25, 0.3) is 0 Å². The first kappa shape index (κ1) is 14.3. The van der Waals surface area contributed by atoms with Crippen LogP contribution in [0.4, 0.5) is 0 Å². The summed E-state index contributed by atoms with van der Waals surface area (Å²) in [7, 11) is 0. The van der Waals surface area contributed by atoms with E-state index < -0.39 is 6.10 Å². The average molecular weight is 299 g/mol. The molecule has 0 spiro atoms. The zero-order valence-corrected chi connectivity index (χ0v) is 12.0. The number of aryl methyl sites for hydroxylation is 1. The fourth-order valence-corrected chi connectivity index (χ4v) is 2.72. The smallest absolute Gasteiger partial charge is 0.138 e. The highest BCUT2D eigenvalue weighted by Gasteiger charge is 2.10. The van der Waals surface area contributed by atoms with Crippen LogP contribution in [-0.2, 0) is 6.54 Å². The van der Waals surface area contributed by atoms with E-state index in [0.29, 0.717) is 23.1 Å². The Morgan fingerprint density at radius 1 is 1.37 bits per heavy atom. The second-order valence-electron chi connectivity index (χ2n) is 4.21. The van der Waals surface area contributed by atoms with Crippen LogP contribution in [0.5, 0.6) is 5.75 Å². The maximum Gasteiger partial charge on any atom is 0.138 e. The van der Waals surface area contributed by atoms with E-state index in [2.05, 4.69) is 10.3 Å². The first-order chi connectivity index (χ1) is 9.06. The molecular weight excluding hydrogens is 284 g/mol. The highest BCUT2D eigenvalue weighted by atomic mass is 35.5. The summed E-state index contributed by atoms with van der Waals surface area (Å²) >= 11 is 7.17. The molecule has 0 radical (unpaired) electrons. The van der Waals surface area contributed by atoms with Gasteiger partial charge in [-0.15, -0.1) is 11.3 Å². The molecule has 0 aliphatic carbocycles. The largest absolute Gasteiger partial charge is 0.506 e. The minimum atomic E-state index is -0.607. The lowest BCUT2D eigenvalue weighted by molar-refractivity contribution is 0.178. The molecule has 0 amide bonds. The number of thiophene rings is 1. The number of aliphatic hydroxyl groups is 1. The number of halogens is 1. The fourth-order valence-electron chi connectivity index (χ4n) is 1.67. The zero-order chi connectivity index (χ0) is 13.8. The van der Waals surface area contributed by atoms with Crippen LogP contribution in [0.1, 0.15) is 22.4 Å². The number of hydrogen-bond acceptors (Lipinski definition) is 5. The highest BCUT2D eigenvalue weighted by Crippen LogP contribution is 2.26. The van der Waals surface area contributed by atoms with Crippen molar-refractivity contribution in [3.05, 3.63) is 44.9 Å². The van der Waals surface area contributed by atoms with Gasteiger partial charge in [0, 0.05) is 23.7 Å². The summed E-state index contributed by atoms with van der Waals surface area (Å²) in [5, 5.41) is 22.7. The van der Waals surface area contributed by atoms with Gasteiger partial charge in [0.2, 0.25) is 0 Å². The molecule has 1 atom stereocenters. The van der Waals surface area contributed by atoms with Gasteiger partial charge < -0.3 is 15.5 Å². The Morgan fingerprint density at radius 2 is 2.16 bits per heavy atom. The van der Waals surface area contributed by atoms with Crippen LogP contribution in [0.15, 0.2) is 24.3 Å². The van der Waals surface area contributed by atoms with Crippen LogP contribution >= 0.6 is 22.9 Å². The van der Waals surface area contributed by atoms with Crippen LogP contribution in [0.2, 0.25) is 4.34 Å². The Morgan fingerprint density at radius 3 is 2.84 bits per heavy atom. The van der Waals surface area contributed by atoms with E-state index >= 15 is 0 Å². The monoisotopic (exact) mass is 298 g/mol. The van der Waals surface area contributed by atoms with Crippen molar-refractivity contribution in [2.45, 2.75) is 19.6 Å². The third-order valence-corrected chi connectivity index (χ3v) is 3.97. The first-order valence-electron chi connectivity index (χ1n) is 5.86. The number of aliphatic hydroxyl groups excluding tert-OH is 1. The molecule has 0 bridgehead atoms. The molecule has 0 aliphatic heterocycles. The molecule has 2 aromatic rings. The van der Waals surface area contributed by atoms with Gasteiger partial charge in [0.1, 0.15) is 11.9 Å². The van der Waals surface area contributed by atoms with Crippen molar-refractivity contribution in [3.63, 3.8) is 0 Å². The molecule has 102 valence electrons. The molecule has 0 saturated heterocycles. The number of nitrogens with zero attached hydrogens (tertiary/aromatic N) is 1. The van der Waals surface area contributed by atoms with Crippen molar-refractivity contribution in [2.75, 3.05) is 6.54 Å². The maximum atomic E-state index is 9.94. The predicted molar refractivity (Wildman–Crippen MR) is 76.6 cm³/mol. The molecule has 0 aliphatic rings. The van der Waals surface area contributed by atoms with Crippen molar-refractivity contribution in [1.29, 1.82) is 0 Å². The van der Waals surface area contributed by atoms with E-state index in [1.54, 1.807) is 18.2 Å². The molecule has 3 N–H and O–H groups in total. The van der Waals surface area contributed by atoms with Crippen molar-refractivity contribution in [1.82, 2.24) is 10.3 Å². The van der Waals surface area contributed by atoms with Crippen molar-refractivity contribution in [3.8, 4) is 5.75 Å². The summed E-state index contributed by atoms with van der Waals surface area (Å²) in [6, 6.07) is 6.94. The molecule has 2 aromatic heterocycles. The minimum absolute atomic E-state index is 0.159. The quantitative estimate of drug-likeness (QED) is 0.794. The summed E-state index contributed by atoms with van der Waals surface area (Å²) in [5.74, 6) is 0.159. The van der Waals surface area contributed by atoms with Gasteiger partial charge in [-0.3, -0.25) is 4.98 Å². The molecule has 19 heavy (non-hydrogen) atoms. The van der Waals surface area contributed by atoms with Crippen molar-refractivity contribution < 1.29 is 10.2 Å². The van der Waals surface area contributed by atoms with Crippen LogP contribution < -0.4 is 5.32 Å². The van der Waals surface area contributed by atoms with Crippen LogP contribution in [-0.4, -0.2) is 21.7 Å². The topological polar surface area (TPSA) is 65.4 Å². The van der Waals surface area contributed by atoms with E-state index in [9.17, 15) is 10.2 Å².